The zero-order valence-corrected chi connectivity index (χ0v) is 12.9. The molecule has 0 saturated carbocycles. The molecule has 0 aliphatic carbocycles. The highest BCUT2D eigenvalue weighted by atomic mass is 32.1. The maximum Gasteiger partial charge on any atom is 0.165 e. The third-order valence-electron chi connectivity index (χ3n) is 3.46. The van der Waals surface area contributed by atoms with Gasteiger partial charge in [-0.05, 0) is 48.1 Å². The predicted molar refractivity (Wildman–Crippen MR) is 81.9 cm³/mol. The average molecular weight is 293 g/mol. The van der Waals surface area contributed by atoms with Crippen molar-refractivity contribution < 1.29 is 9.13 Å². The molecule has 1 atom stereocenters. The number of halogens is 1. The molecule has 1 N–H and O–H groups in total. The molecule has 0 aliphatic heterocycles. The van der Waals surface area contributed by atoms with Gasteiger partial charge >= 0.3 is 0 Å². The summed E-state index contributed by atoms with van der Waals surface area (Å²) in [5.41, 5.74) is 2.31. The molecule has 1 aromatic carbocycles. The number of thiophene rings is 1. The molecule has 0 bridgehead atoms. The second-order valence-electron chi connectivity index (χ2n) is 4.72. The van der Waals surface area contributed by atoms with Gasteiger partial charge in [-0.25, -0.2) is 4.39 Å². The smallest absolute Gasteiger partial charge is 0.165 e. The minimum absolute atomic E-state index is 0.0993. The monoisotopic (exact) mass is 293 g/mol. The lowest BCUT2D eigenvalue weighted by molar-refractivity contribution is 0.385. The summed E-state index contributed by atoms with van der Waals surface area (Å²) < 4.78 is 18.6. The van der Waals surface area contributed by atoms with Crippen molar-refractivity contribution in [2.24, 2.45) is 0 Å². The maximum absolute atomic E-state index is 13.7. The quantitative estimate of drug-likeness (QED) is 0.857. The van der Waals surface area contributed by atoms with Crippen molar-refractivity contribution in [1.82, 2.24) is 5.32 Å². The Morgan fingerprint density at radius 3 is 2.80 bits per heavy atom. The third kappa shape index (κ3) is 3.38. The van der Waals surface area contributed by atoms with Crippen molar-refractivity contribution >= 4 is 11.3 Å². The Kier molecular flexibility index (Phi) is 5.15. The minimum Gasteiger partial charge on any atom is -0.494 e. The normalized spacial score (nSPS) is 12.4. The Hall–Kier alpha value is -1.39. The fourth-order valence-corrected chi connectivity index (χ4v) is 3.08. The highest BCUT2D eigenvalue weighted by Gasteiger charge is 2.10. The van der Waals surface area contributed by atoms with Crippen molar-refractivity contribution in [3.63, 3.8) is 0 Å². The molecule has 0 amide bonds. The van der Waals surface area contributed by atoms with Gasteiger partial charge in [0.2, 0.25) is 0 Å². The van der Waals surface area contributed by atoms with E-state index in [9.17, 15) is 4.39 Å². The molecule has 2 aromatic rings. The molecule has 2 rings (SSSR count). The number of ether oxygens (including phenoxy) is 1. The van der Waals surface area contributed by atoms with Gasteiger partial charge < -0.3 is 10.1 Å². The van der Waals surface area contributed by atoms with E-state index in [-0.39, 0.29) is 17.6 Å². The summed E-state index contributed by atoms with van der Waals surface area (Å²) >= 11 is 1.76. The van der Waals surface area contributed by atoms with Crippen LogP contribution in [-0.2, 0) is 13.0 Å². The summed E-state index contributed by atoms with van der Waals surface area (Å²) in [7, 11) is 1.48. The molecule has 20 heavy (non-hydrogen) atoms. The summed E-state index contributed by atoms with van der Waals surface area (Å²) in [5.74, 6) is -0.0310. The van der Waals surface area contributed by atoms with Crippen LogP contribution in [0.4, 0.5) is 4.39 Å². The topological polar surface area (TPSA) is 21.3 Å². The van der Waals surface area contributed by atoms with E-state index in [4.69, 9.17) is 4.74 Å². The molecular formula is C16H20FNOS. The number of hydrogen-bond acceptors (Lipinski definition) is 3. The van der Waals surface area contributed by atoms with Gasteiger partial charge in [0.15, 0.2) is 11.6 Å². The molecule has 1 aromatic heterocycles. The maximum atomic E-state index is 13.7. The number of benzene rings is 1. The molecule has 0 radical (unpaired) electrons. The molecule has 108 valence electrons. The number of aryl methyl sites for hydroxylation is 1. The Bertz CT molecular complexity index is 567. The summed E-state index contributed by atoms with van der Waals surface area (Å²) in [6.45, 7) is 5.02. The van der Waals surface area contributed by atoms with Crippen LogP contribution in [0.25, 0.3) is 0 Å². The Balaban J connectivity index is 2.01. The standard InChI is InChI=1S/C16H20FNOS/c1-4-12-7-8-20-16(12)10-18-11(2)13-5-6-15(19-3)14(17)9-13/h5-9,11,18H,4,10H2,1-3H3. The van der Waals surface area contributed by atoms with Gasteiger partial charge in [-0.1, -0.05) is 13.0 Å². The Labute approximate surface area is 123 Å². The summed E-state index contributed by atoms with van der Waals surface area (Å²) in [5, 5.41) is 5.56. The lowest BCUT2D eigenvalue weighted by Crippen LogP contribution is -2.18. The minimum atomic E-state index is -0.316. The van der Waals surface area contributed by atoms with Crippen LogP contribution >= 0.6 is 11.3 Å². The first kappa shape index (κ1) is 15.0. The van der Waals surface area contributed by atoms with E-state index >= 15 is 0 Å². The molecule has 4 heteroatoms. The van der Waals surface area contributed by atoms with Crippen LogP contribution < -0.4 is 10.1 Å². The zero-order valence-electron chi connectivity index (χ0n) is 12.1. The van der Waals surface area contributed by atoms with Crippen molar-refractivity contribution in [2.75, 3.05) is 7.11 Å². The molecule has 0 spiro atoms. The van der Waals surface area contributed by atoms with Crippen molar-refractivity contribution in [3.8, 4) is 5.75 Å². The number of nitrogens with one attached hydrogen (secondary N) is 1. The second-order valence-corrected chi connectivity index (χ2v) is 5.72. The van der Waals surface area contributed by atoms with Crippen molar-refractivity contribution in [3.05, 3.63) is 51.5 Å². The second kappa shape index (κ2) is 6.86. The van der Waals surface area contributed by atoms with Gasteiger partial charge in [0.05, 0.1) is 7.11 Å². The first-order valence-electron chi connectivity index (χ1n) is 6.77. The van der Waals surface area contributed by atoms with Gasteiger partial charge in [-0.15, -0.1) is 11.3 Å². The summed E-state index contributed by atoms with van der Waals surface area (Å²) in [4.78, 5) is 1.35. The summed E-state index contributed by atoms with van der Waals surface area (Å²) in [6.07, 6.45) is 1.05. The van der Waals surface area contributed by atoms with E-state index in [0.29, 0.717) is 0 Å². The summed E-state index contributed by atoms with van der Waals surface area (Å²) in [6, 6.07) is 7.37. The zero-order chi connectivity index (χ0) is 14.5. The van der Waals surface area contributed by atoms with E-state index < -0.39 is 0 Å². The van der Waals surface area contributed by atoms with Crippen LogP contribution in [-0.4, -0.2) is 7.11 Å². The van der Waals surface area contributed by atoms with Gasteiger partial charge in [-0.3, -0.25) is 0 Å². The highest BCUT2D eigenvalue weighted by molar-refractivity contribution is 7.10. The molecule has 0 fully saturated rings. The van der Waals surface area contributed by atoms with Crippen molar-refractivity contribution in [2.45, 2.75) is 32.9 Å². The first-order chi connectivity index (χ1) is 9.65. The lowest BCUT2D eigenvalue weighted by Gasteiger charge is -2.15. The number of methoxy groups -OCH3 is 1. The molecule has 0 saturated heterocycles. The first-order valence-corrected chi connectivity index (χ1v) is 7.65. The molecule has 0 aliphatic rings. The fraction of sp³-hybridized carbons (Fsp3) is 0.375. The highest BCUT2D eigenvalue weighted by Crippen LogP contribution is 2.23. The van der Waals surface area contributed by atoms with Gasteiger partial charge in [-0.2, -0.15) is 0 Å². The molecule has 1 unspecified atom stereocenters. The fourth-order valence-electron chi connectivity index (χ4n) is 2.15. The van der Waals surface area contributed by atoms with Crippen LogP contribution in [0.5, 0.6) is 5.75 Å². The molecular weight excluding hydrogens is 273 g/mol. The van der Waals surface area contributed by atoms with E-state index in [1.54, 1.807) is 17.4 Å². The van der Waals surface area contributed by atoms with Crippen LogP contribution in [0.3, 0.4) is 0 Å². The van der Waals surface area contributed by atoms with Crippen molar-refractivity contribution in [1.29, 1.82) is 0 Å². The van der Waals surface area contributed by atoms with E-state index in [2.05, 4.69) is 23.7 Å². The van der Waals surface area contributed by atoms with Gasteiger partial charge in [0.25, 0.3) is 0 Å². The van der Waals surface area contributed by atoms with Crippen LogP contribution in [0.2, 0.25) is 0 Å². The number of hydrogen-bond donors (Lipinski definition) is 1. The largest absolute Gasteiger partial charge is 0.494 e. The van der Waals surface area contributed by atoms with Crippen LogP contribution in [0.15, 0.2) is 29.6 Å². The number of rotatable bonds is 6. The van der Waals surface area contributed by atoms with Crippen LogP contribution in [0, 0.1) is 5.82 Å². The Morgan fingerprint density at radius 1 is 1.35 bits per heavy atom. The third-order valence-corrected chi connectivity index (χ3v) is 4.43. The van der Waals surface area contributed by atoms with E-state index in [0.717, 1.165) is 18.5 Å². The lowest BCUT2D eigenvalue weighted by atomic mass is 10.1. The average Bonchev–Trinajstić information content (AvgIpc) is 2.92. The molecule has 2 nitrogen and oxygen atoms in total. The van der Waals surface area contributed by atoms with Gasteiger partial charge in [0, 0.05) is 17.5 Å². The van der Waals surface area contributed by atoms with E-state index in [1.807, 2.05) is 13.0 Å². The predicted octanol–water partition coefficient (Wildman–Crippen LogP) is 4.31. The van der Waals surface area contributed by atoms with Crippen LogP contribution in [0.1, 0.15) is 35.9 Å². The SMILES string of the molecule is CCc1ccsc1CNC(C)c1ccc(OC)c(F)c1. The Morgan fingerprint density at radius 2 is 2.15 bits per heavy atom. The molecule has 1 heterocycles. The van der Waals surface area contributed by atoms with Gasteiger partial charge in [0.1, 0.15) is 0 Å². The van der Waals surface area contributed by atoms with E-state index in [1.165, 1.54) is 23.6 Å².